The van der Waals surface area contributed by atoms with Gasteiger partial charge in [0.25, 0.3) is 0 Å². The fraction of sp³-hybridized carbons (Fsp3) is 0.588. The molecule has 1 aromatic carbocycles. The van der Waals surface area contributed by atoms with E-state index in [1.165, 1.54) is 17.5 Å². The number of halogens is 1. The molecule has 2 saturated heterocycles. The van der Waals surface area contributed by atoms with Crippen molar-refractivity contribution in [3.05, 3.63) is 18.2 Å². The van der Waals surface area contributed by atoms with Crippen molar-refractivity contribution in [1.29, 1.82) is 0 Å². The van der Waals surface area contributed by atoms with Crippen LogP contribution < -0.4 is 15.4 Å². The van der Waals surface area contributed by atoms with E-state index in [0.717, 1.165) is 0 Å². The number of morpholine rings is 2. The number of carbonyl (C=O) groups is 1. The number of amides is 1. The van der Waals surface area contributed by atoms with Crippen molar-refractivity contribution in [2.45, 2.75) is 17.4 Å². The van der Waals surface area contributed by atoms with Crippen molar-refractivity contribution in [1.82, 2.24) is 9.62 Å². The quantitative estimate of drug-likeness (QED) is 0.668. The molecule has 0 radical (unpaired) electrons. The molecule has 0 aromatic heterocycles. The summed E-state index contributed by atoms with van der Waals surface area (Å²) in [6, 6.07) is 4.56. The summed E-state index contributed by atoms with van der Waals surface area (Å²) in [5, 5.41) is 5.97. The fourth-order valence-corrected chi connectivity index (χ4v) is 4.66. The Kier molecular flexibility index (Phi) is 8.47. The number of ether oxygens (including phenoxy) is 3. The molecule has 158 valence electrons. The summed E-state index contributed by atoms with van der Waals surface area (Å²) in [5.74, 6) is 0.0275. The van der Waals surface area contributed by atoms with Crippen LogP contribution in [0.3, 0.4) is 0 Å². The van der Waals surface area contributed by atoms with Crippen LogP contribution in [0.2, 0.25) is 0 Å². The second-order valence-corrected chi connectivity index (χ2v) is 8.27. The Bertz CT molecular complexity index is 764. The van der Waals surface area contributed by atoms with Crippen LogP contribution in [0.15, 0.2) is 23.1 Å². The van der Waals surface area contributed by atoms with Crippen LogP contribution >= 0.6 is 12.4 Å². The fourth-order valence-electron chi connectivity index (χ4n) is 3.07. The van der Waals surface area contributed by atoms with Crippen molar-refractivity contribution >= 4 is 34.0 Å². The first kappa shape index (κ1) is 22.9. The topological polar surface area (TPSA) is 106 Å². The summed E-state index contributed by atoms with van der Waals surface area (Å²) >= 11 is 0. The Balaban J connectivity index is 0.00000280. The lowest BCUT2D eigenvalue weighted by Gasteiger charge is -2.27. The van der Waals surface area contributed by atoms with Crippen molar-refractivity contribution in [3.8, 4) is 5.75 Å². The van der Waals surface area contributed by atoms with Crippen LogP contribution in [-0.2, 0) is 24.3 Å². The molecule has 2 N–H and O–H groups in total. The average Bonchev–Trinajstić information content (AvgIpc) is 2.69. The Morgan fingerprint density at radius 2 is 2.04 bits per heavy atom. The van der Waals surface area contributed by atoms with E-state index in [-0.39, 0.29) is 54.5 Å². The van der Waals surface area contributed by atoms with Crippen LogP contribution in [0.1, 0.15) is 6.42 Å². The first-order valence-electron chi connectivity index (χ1n) is 8.87. The summed E-state index contributed by atoms with van der Waals surface area (Å²) in [7, 11) is -2.33. The highest BCUT2D eigenvalue weighted by molar-refractivity contribution is 7.89. The van der Waals surface area contributed by atoms with Gasteiger partial charge in [0, 0.05) is 37.8 Å². The van der Waals surface area contributed by atoms with Gasteiger partial charge in [-0.1, -0.05) is 0 Å². The van der Waals surface area contributed by atoms with Crippen LogP contribution in [0.4, 0.5) is 5.69 Å². The molecule has 0 bridgehead atoms. The van der Waals surface area contributed by atoms with Crippen LogP contribution in [0.25, 0.3) is 0 Å². The average molecular weight is 436 g/mol. The molecule has 1 atom stereocenters. The SMILES string of the molecule is COc1ccc(NC(=O)CC2COCCN2)cc1S(=O)(=O)N1CCOCC1.Cl. The van der Waals surface area contributed by atoms with Crippen molar-refractivity contribution in [3.63, 3.8) is 0 Å². The van der Waals surface area contributed by atoms with E-state index in [1.54, 1.807) is 12.1 Å². The smallest absolute Gasteiger partial charge is 0.246 e. The van der Waals surface area contributed by atoms with Gasteiger partial charge >= 0.3 is 0 Å². The maximum Gasteiger partial charge on any atom is 0.246 e. The first-order chi connectivity index (χ1) is 13.0. The first-order valence-corrected chi connectivity index (χ1v) is 10.3. The zero-order valence-electron chi connectivity index (χ0n) is 15.7. The summed E-state index contributed by atoms with van der Waals surface area (Å²) in [4.78, 5) is 12.3. The molecule has 3 rings (SSSR count). The van der Waals surface area contributed by atoms with Gasteiger partial charge in [0.2, 0.25) is 15.9 Å². The molecule has 1 aromatic rings. The number of hydrogen-bond acceptors (Lipinski definition) is 7. The number of nitrogens with one attached hydrogen (secondary N) is 2. The number of rotatable bonds is 6. The second kappa shape index (κ2) is 10.4. The van der Waals surface area contributed by atoms with E-state index < -0.39 is 10.0 Å². The maximum absolute atomic E-state index is 13.0. The molecule has 0 aliphatic carbocycles. The van der Waals surface area contributed by atoms with Crippen molar-refractivity contribution in [2.75, 3.05) is 58.5 Å². The molecule has 28 heavy (non-hydrogen) atoms. The Morgan fingerprint density at radius 1 is 1.29 bits per heavy atom. The zero-order chi connectivity index (χ0) is 19.3. The van der Waals surface area contributed by atoms with Gasteiger partial charge < -0.3 is 24.8 Å². The Morgan fingerprint density at radius 3 is 2.68 bits per heavy atom. The van der Waals surface area contributed by atoms with Gasteiger partial charge in [0.05, 0.1) is 33.5 Å². The molecule has 2 heterocycles. The standard InChI is InChI=1S/C17H25N3O6S.ClH/c1-24-15-3-2-13(19-17(21)11-14-12-26-7-4-18-14)10-16(15)27(22,23)20-5-8-25-9-6-20;/h2-3,10,14,18H,4-9,11-12H2,1H3,(H,19,21);1H. The lowest BCUT2D eigenvalue weighted by molar-refractivity contribution is -0.117. The third kappa shape index (κ3) is 5.56. The Hall–Kier alpha value is -1.43. The normalized spacial score (nSPS) is 20.8. The minimum atomic E-state index is -3.75. The van der Waals surface area contributed by atoms with Gasteiger partial charge in [0.1, 0.15) is 10.6 Å². The number of hydrogen-bond donors (Lipinski definition) is 2. The zero-order valence-corrected chi connectivity index (χ0v) is 17.3. The summed E-state index contributed by atoms with van der Waals surface area (Å²) in [5.41, 5.74) is 0.407. The molecule has 2 aliphatic rings. The minimum absolute atomic E-state index is 0. The van der Waals surface area contributed by atoms with Gasteiger partial charge in [-0.15, -0.1) is 12.4 Å². The monoisotopic (exact) mass is 435 g/mol. The van der Waals surface area contributed by atoms with Gasteiger partial charge in [-0.05, 0) is 18.2 Å². The lowest BCUT2D eigenvalue weighted by Crippen LogP contribution is -2.43. The van der Waals surface area contributed by atoms with Crippen LogP contribution in [0.5, 0.6) is 5.75 Å². The molecular weight excluding hydrogens is 410 g/mol. The molecule has 0 spiro atoms. The van der Waals surface area contributed by atoms with E-state index in [0.29, 0.717) is 38.7 Å². The number of benzene rings is 1. The predicted octanol–water partition coefficient (Wildman–Crippen LogP) is 0.455. The van der Waals surface area contributed by atoms with Crippen LogP contribution in [-0.4, -0.2) is 77.8 Å². The highest BCUT2D eigenvalue weighted by Crippen LogP contribution is 2.30. The summed E-state index contributed by atoms with van der Waals surface area (Å²) in [6.45, 7) is 3.11. The molecule has 1 unspecified atom stereocenters. The molecule has 9 nitrogen and oxygen atoms in total. The van der Waals surface area contributed by atoms with E-state index in [2.05, 4.69) is 10.6 Å². The highest BCUT2D eigenvalue weighted by Gasteiger charge is 2.29. The third-order valence-corrected chi connectivity index (χ3v) is 6.39. The number of nitrogens with zero attached hydrogens (tertiary/aromatic N) is 1. The van der Waals surface area contributed by atoms with Gasteiger partial charge in [0.15, 0.2) is 0 Å². The van der Waals surface area contributed by atoms with Crippen LogP contribution in [0, 0.1) is 0 Å². The van der Waals surface area contributed by atoms with E-state index >= 15 is 0 Å². The Labute approximate surface area is 171 Å². The molecule has 11 heteroatoms. The molecular formula is C17H26ClN3O6S. The van der Waals surface area contributed by atoms with Crippen molar-refractivity contribution in [2.24, 2.45) is 0 Å². The largest absolute Gasteiger partial charge is 0.495 e. The van der Waals surface area contributed by atoms with Crippen molar-refractivity contribution < 1.29 is 27.4 Å². The number of sulfonamides is 1. The third-order valence-electron chi connectivity index (χ3n) is 4.47. The van der Waals surface area contributed by atoms with E-state index in [1.807, 2.05) is 0 Å². The molecule has 2 fully saturated rings. The number of anilines is 1. The number of methoxy groups -OCH3 is 1. The lowest BCUT2D eigenvalue weighted by atomic mass is 10.2. The predicted molar refractivity (Wildman–Crippen MR) is 106 cm³/mol. The van der Waals surface area contributed by atoms with E-state index in [4.69, 9.17) is 14.2 Å². The molecule has 1 amide bonds. The van der Waals surface area contributed by atoms with E-state index in [9.17, 15) is 13.2 Å². The summed E-state index contributed by atoms with van der Waals surface area (Å²) in [6.07, 6.45) is 0.248. The molecule has 0 saturated carbocycles. The maximum atomic E-state index is 13.0. The van der Waals surface area contributed by atoms with Gasteiger partial charge in [-0.3, -0.25) is 4.79 Å². The number of carbonyl (C=O) groups excluding carboxylic acids is 1. The molecule has 2 aliphatic heterocycles. The summed E-state index contributed by atoms with van der Waals surface area (Å²) < 4.78 is 43.1. The van der Waals surface area contributed by atoms with Gasteiger partial charge in [-0.2, -0.15) is 4.31 Å². The second-order valence-electron chi connectivity index (χ2n) is 6.36. The highest BCUT2D eigenvalue weighted by atomic mass is 35.5. The van der Waals surface area contributed by atoms with Gasteiger partial charge in [-0.25, -0.2) is 8.42 Å². The minimum Gasteiger partial charge on any atom is -0.495 e.